The first-order valence-corrected chi connectivity index (χ1v) is 8.84. The summed E-state index contributed by atoms with van der Waals surface area (Å²) < 4.78 is 33.5. The van der Waals surface area contributed by atoms with Crippen LogP contribution >= 0.6 is 0 Å². The van der Waals surface area contributed by atoms with Gasteiger partial charge < -0.3 is 20.3 Å². The molecule has 1 unspecified atom stereocenters. The van der Waals surface area contributed by atoms with Crippen LogP contribution in [0.4, 0.5) is 19.3 Å². The molecule has 2 N–H and O–H groups in total. The average Bonchev–Trinajstić information content (AvgIpc) is 3.12. The fourth-order valence-electron chi connectivity index (χ4n) is 3.50. The van der Waals surface area contributed by atoms with Crippen LogP contribution in [0.5, 0.6) is 5.75 Å². The minimum absolute atomic E-state index is 0.0221. The Morgan fingerprint density at radius 2 is 2.07 bits per heavy atom. The number of nitrogens with zero attached hydrogens (tertiary/aromatic N) is 3. The lowest BCUT2D eigenvalue weighted by Crippen LogP contribution is -2.45. The van der Waals surface area contributed by atoms with Crippen LogP contribution in [0.2, 0.25) is 0 Å². The third kappa shape index (κ3) is 3.25. The number of nitrogens with one attached hydrogen (secondary N) is 2. The molecule has 0 fully saturated rings. The van der Waals surface area contributed by atoms with Crippen molar-refractivity contribution in [3.63, 3.8) is 0 Å². The Labute approximate surface area is 169 Å². The molecule has 30 heavy (non-hydrogen) atoms. The van der Waals surface area contributed by atoms with Gasteiger partial charge in [-0.25, -0.2) is 13.6 Å². The van der Waals surface area contributed by atoms with Gasteiger partial charge in [0.2, 0.25) is 5.91 Å². The third-order valence-corrected chi connectivity index (χ3v) is 4.90. The van der Waals surface area contributed by atoms with Crippen molar-refractivity contribution in [2.45, 2.75) is 12.6 Å². The number of urea groups is 1. The van der Waals surface area contributed by atoms with Crippen LogP contribution < -0.4 is 15.4 Å². The Bertz CT molecular complexity index is 1170. The smallest absolute Gasteiger partial charge is 0.322 e. The minimum Gasteiger partial charge on any atom is -0.491 e. The van der Waals surface area contributed by atoms with Gasteiger partial charge in [0.05, 0.1) is 35.3 Å². The zero-order valence-electron chi connectivity index (χ0n) is 15.3. The first kappa shape index (κ1) is 19.2. The van der Waals surface area contributed by atoms with Crippen LogP contribution in [0.3, 0.4) is 0 Å². The van der Waals surface area contributed by atoms with Crippen molar-refractivity contribution in [2.24, 2.45) is 0 Å². The number of carbonyl (C=O) groups is 2. The maximum atomic E-state index is 14.3. The van der Waals surface area contributed by atoms with Gasteiger partial charge in [-0.2, -0.15) is 10.5 Å². The van der Waals surface area contributed by atoms with Crippen LogP contribution in [0.1, 0.15) is 28.3 Å². The van der Waals surface area contributed by atoms with Crippen LogP contribution in [0.25, 0.3) is 0 Å². The van der Waals surface area contributed by atoms with E-state index >= 15 is 0 Å². The topological polar surface area (TPSA) is 118 Å². The summed E-state index contributed by atoms with van der Waals surface area (Å²) >= 11 is 0. The predicted octanol–water partition coefficient (Wildman–Crippen LogP) is 2.31. The molecule has 0 saturated heterocycles. The maximum Gasteiger partial charge on any atom is 0.322 e. The molecule has 0 saturated carbocycles. The molecule has 0 bridgehead atoms. The lowest BCUT2D eigenvalue weighted by atomic mass is 10.0. The Morgan fingerprint density at radius 1 is 1.27 bits per heavy atom. The summed E-state index contributed by atoms with van der Waals surface area (Å²) in [4.78, 5) is 25.9. The van der Waals surface area contributed by atoms with E-state index in [1.54, 1.807) is 6.07 Å². The Morgan fingerprint density at radius 3 is 2.80 bits per heavy atom. The van der Waals surface area contributed by atoms with Crippen molar-refractivity contribution >= 4 is 17.6 Å². The zero-order chi connectivity index (χ0) is 21.4. The number of halogens is 2. The molecule has 3 amide bonds. The van der Waals surface area contributed by atoms with Gasteiger partial charge >= 0.3 is 6.03 Å². The van der Waals surface area contributed by atoms with E-state index in [0.29, 0.717) is 5.69 Å². The Balaban J connectivity index is 1.49. The normalized spacial score (nSPS) is 16.5. The molecule has 4 rings (SSSR count). The summed E-state index contributed by atoms with van der Waals surface area (Å²) in [5.41, 5.74) is 0.607. The predicted molar refractivity (Wildman–Crippen MR) is 98.0 cm³/mol. The number of anilines is 1. The summed E-state index contributed by atoms with van der Waals surface area (Å²) in [5.74, 6) is -1.81. The number of hydrogen-bond acceptors (Lipinski definition) is 5. The number of benzene rings is 2. The zero-order valence-corrected chi connectivity index (χ0v) is 15.3. The van der Waals surface area contributed by atoms with Gasteiger partial charge in [-0.3, -0.25) is 4.79 Å². The SMILES string of the molecule is N#Cc1cc(F)c2c(c1)OCC2NC(=O)CN1Cc2c(ccc(F)c2C#N)NC1=O. The van der Waals surface area contributed by atoms with Crippen LogP contribution in [0, 0.1) is 34.3 Å². The average molecular weight is 409 g/mol. The fraction of sp³-hybridized carbons (Fsp3) is 0.200. The highest BCUT2D eigenvalue weighted by atomic mass is 19.1. The molecule has 2 aliphatic rings. The van der Waals surface area contributed by atoms with E-state index in [-0.39, 0.29) is 41.2 Å². The fourth-order valence-corrected chi connectivity index (χ4v) is 3.50. The summed E-state index contributed by atoms with van der Waals surface area (Å²) in [6, 6.07) is 7.10. The molecule has 10 heteroatoms. The second kappa shape index (κ2) is 7.33. The number of hydrogen-bond donors (Lipinski definition) is 2. The van der Waals surface area contributed by atoms with E-state index in [9.17, 15) is 23.6 Å². The molecule has 8 nitrogen and oxygen atoms in total. The summed E-state index contributed by atoms with van der Waals surface area (Å²) in [6.07, 6.45) is 0. The minimum atomic E-state index is -0.785. The van der Waals surface area contributed by atoms with E-state index in [1.165, 1.54) is 12.1 Å². The largest absolute Gasteiger partial charge is 0.491 e. The van der Waals surface area contributed by atoms with Gasteiger partial charge in [-0.15, -0.1) is 0 Å². The second-order valence-electron chi connectivity index (χ2n) is 6.76. The molecule has 2 aromatic rings. The van der Waals surface area contributed by atoms with E-state index in [1.807, 2.05) is 6.07 Å². The summed E-state index contributed by atoms with van der Waals surface area (Å²) in [5, 5.41) is 23.2. The lowest BCUT2D eigenvalue weighted by Gasteiger charge is -2.29. The first-order valence-electron chi connectivity index (χ1n) is 8.84. The molecule has 2 aromatic carbocycles. The molecule has 1 atom stereocenters. The third-order valence-electron chi connectivity index (χ3n) is 4.90. The highest BCUT2D eigenvalue weighted by Gasteiger charge is 2.32. The first-order chi connectivity index (χ1) is 14.4. The van der Waals surface area contributed by atoms with Crippen molar-refractivity contribution in [2.75, 3.05) is 18.5 Å². The Hall–Kier alpha value is -4.18. The van der Waals surface area contributed by atoms with Crippen molar-refractivity contribution in [1.82, 2.24) is 10.2 Å². The quantitative estimate of drug-likeness (QED) is 0.807. The van der Waals surface area contributed by atoms with Crippen molar-refractivity contribution < 1.29 is 23.1 Å². The van der Waals surface area contributed by atoms with Crippen molar-refractivity contribution in [3.05, 3.63) is 58.2 Å². The molecule has 0 aliphatic carbocycles. The van der Waals surface area contributed by atoms with Crippen LogP contribution in [0.15, 0.2) is 24.3 Å². The van der Waals surface area contributed by atoms with Gasteiger partial charge in [-0.1, -0.05) is 0 Å². The lowest BCUT2D eigenvalue weighted by molar-refractivity contribution is -0.122. The summed E-state index contributed by atoms with van der Waals surface area (Å²) in [6.45, 7) is -0.547. The molecule has 0 radical (unpaired) electrons. The molecular formula is C20H13F2N5O3. The van der Waals surface area contributed by atoms with Crippen LogP contribution in [-0.4, -0.2) is 30.0 Å². The monoisotopic (exact) mass is 409 g/mol. The van der Waals surface area contributed by atoms with E-state index in [2.05, 4.69) is 10.6 Å². The molecular weight excluding hydrogens is 396 g/mol. The van der Waals surface area contributed by atoms with Crippen LogP contribution in [-0.2, 0) is 11.3 Å². The summed E-state index contributed by atoms with van der Waals surface area (Å²) in [7, 11) is 0. The molecule has 0 aromatic heterocycles. The molecule has 0 spiro atoms. The van der Waals surface area contributed by atoms with Crippen molar-refractivity contribution in [1.29, 1.82) is 10.5 Å². The number of nitriles is 2. The van der Waals surface area contributed by atoms with Gasteiger partial charge in [-0.05, 0) is 24.3 Å². The number of fused-ring (bicyclic) bond motifs is 2. The molecule has 150 valence electrons. The number of ether oxygens (including phenoxy) is 1. The number of carbonyl (C=O) groups excluding carboxylic acids is 2. The van der Waals surface area contributed by atoms with E-state index in [0.717, 1.165) is 17.0 Å². The second-order valence-corrected chi connectivity index (χ2v) is 6.76. The number of amides is 3. The highest BCUT2D eigenvalue weighted by Crippen LogP contribution is 2.35. The maximum absolute atomic E-state index is 14.3. The van der Waals surface area contributed by atoms with E-state index in [4.69, 9.17) is 10.00 Å². The van der Waals surface area contributed by atoms with Gasteiger partial charge in [0.1, 0.15) is 36.6 Å². The van der Waals surface area contributed by atoms with E-state index < -0.39 is 36.2 Å². The molecule has 2 aliphatic heterocycles. The Kier molecular flexibility index (Phi) is 4.68. The van der Waals surface area contributed by atoms with Crippen molar-refractivity contribution in [3.8, 4) is 17.9 Å². The standard InChI is InChI=1S/C20H13F2N5O3/c21-13-1-2-15-12(11(13)6-24)7-27(20(29)26-15)8-18(28)25-16-9-30-17-4-10(5-23)3-14(22)19(16)17/h1-4,16H,7-9H2,(H,25,28)(H,26,29). The number of rotatable bonds is 3. The van der Waals surface area contributed by atoms with Gasteiger partial charge in [0, 0.05) is 11.3 Å². The van der Waals surface area contributed by atoms with Gasteiger partial charge in [0.15, 0.2) is 0 Å². The molecule has 2 heterocycles. The highest BCUT2D eigenvalue weighted by molar-refractivity contribution is 5.95. The van der Waals surface area contributed by atoms with Gasteiger partial charge in [0.25, 0.3) is 0 Å².